The van der Waals surface area contributed by atoms with Gasteiger partial charge in [0.05, 0.1) is 18.9 Å². The molecule has 0 aliphatic rings. The largest absolute Gasteiger partial charge is 0.412 e. The molecule has 0 unspecified atom stereocenters. The van der Waals surface area contributed by atoms with Crippen LogP contribution < -0.4 is 10.1 Å². The molecule has 1 N–H and O–H groups in total. The summed E-state index contributed by atoms with van der Waals surface area (Å²) in [6.45, 7) is 0.991. The van der Waals surface area contributed by atoms with Gasteiger partial charge >= 0.3 is 6.09 Å². The highest BCUT2D eigenvalue weighted by molar-refractivity contribution is 6.30. The maximum atomic E-state index is 11.8. The summed E-state index contributed by atoms with van der Waals surface area (Å²) in [4.78, 5) is 11.8. The molecule has 5 nitrogen and oxygen atoms in total. The van der Waals surface area contributed by atoms with Crippen LogP contribution in [0.25, 0.3) is 0 Å². The van der Waals surface area contributed by atoms with E-state index in [0.717, 1.165) is 11.1 Å². The first-order valence-electron chi connectivity index (χ1n) is 7.45. The number of ether oxygens (including phenoxy) is 1. The molecule has 1 heterocycles. The number of amides is 1. The smallest absolute Gasteiger partial charge is 0.407 e. The van der Waals surface area contributed by atoms with Crippen LogP contribution in [0.5, 0.6) is 5.75 Å². The topological polar surface area (TPSA) is 56.1 Å². The summed E-state index contributed by atoms with van der Waals surface area (Å²) in [5.74, 6) is 0.402. The van der Waals surface area contributed by atoms with Crippen molar-refractivity contribution in [2.45, 2.75) is 13.1 Å². The number of benzene rings is 2. The molecule has 6 heteroatoms. The number of rotatable bonds is 5. The molecule has 0 fully saturated rings. The van der Waals surface area contributed by atoms with Gasteiger partial charge in [-0.25, -0.2) is 4.79 Å². The Hall–Kier alpha value is -2.79. The fourth-order valence-corrected chi connectivity index (χ4v) is 2.30. The zero-order valence-electron chi connectivity index (χ0n) is 12.9. The highest BCUT2D eigenvalue weighted by Gasteiger charge is 2.07. The minimum absolute atomic E-state index is 0.369. The predicted molar refractivity (Wildman–Crippen MR) is 92.1 cm³/mol. The van der Waals surface area contributed by atoms with E-state index in [0.29, 0.717) is 23.9 Å². The predicted octanol–water partition coefficient (Wildman–Crippen LogP) is 3.87. The number of halogens is 1. The second-order valence-corrected chi connectivity index (χ2v) is 5.67. The molecular weight excluding hydrogens is 326 g/mol. The summed E-state index contributed by atoms with van der Waals surface area (Å²) in [7, 11) is 0. The van der Waals surface area contributed by atoms with E-state index in [-0.39, 0.29) is 0 Å². The molecule has 0 atom stereocenters. The molecule has 0 spiro atoms. The fourth-order valence-electron chi connectivity index (χ4n) is 2.17. The van der Waals surface area contributed by atoms with Crippen LogP contribution in [0.15, 0.2) is 67.0 Å². The van der Waals surface area contributed by atoms with Gasteiger partial charge in [-0.15, -0.1) is 0 Å². The van der Waals surface area contributed by atoms with Crippen LogP contribution in [0.3, 0.4) is 0 Å². The van der Waals surface area contributed by atoms with Gasteiger partial charge in [0.25, 0.3) is 0 Å². The summed E-state index contributed by atoms with van der Waals surface area (Å²) in [5, 5.41) is 7.53. The molecule has 24 heavy (non-hydrogen) atoms. The Bertz CT molecular complexity index is 801. The first-order valence-corrected chi connectivity index (χ1v) is 7.83. The van der Waals surface area contributed by atoms with Gasteiger partial charge in [0.1, 0.15) is 0 Å². The average molecular weight is 342 g/mol. The highest BCUT2D eigenvalue weighted by atomic mass is 35.5. The Morgan fingerprint density at radius 1 is 1.08 bits per heavy atom. The molecule has 0 aliphatic carbocycles. The van der Waals surface area contributed by atoms with Gasteiger partial charge in [-0.2, -0.15) is 5.10 Å². The van der Waals surface area contributed by atoms with Gasteiger partial charge in [-0.1, -0.05) is 54.1 Å². The van der Waals surface area contributed by atoms with E-state index in [1.165, 1.54) is 6.20 Å². The van der Waals surface area contributed by atoms with Crippen LogP contribution >= 0.6 is 11.6 Å². The third-order valence-electron chi connectivity index (χ3n) is 3.36. The number of nitrogens with one attached hydrogen (secondary N) is 1. The second kappa shape index (κ2) is 7.66. The Balaban J connectivity index is 1.50. The average Bonchev–Trinajstić information content (AvgIpc) is 3.02. The summed E-state index contributed by atoms with van der Waals surface area (Å²) >= 11 is 5.82. The molecule has 0 radical (unpaired) electrons. The lowest BCUT2D eigenvalue weighted by molar-refractivity contribution is 0.200. The van der Waals surface area contributed by atoms with Crippen molar-refractivity contribution in [2.75, 3.05) is 0 Å². The van der Waals surface area contributed by atoms with Crippen LogP contribution in [0, 0.1) is 0 Å². The first kappa shape index (κ1) is 16.1. The van der Waals surface area contributed by atoms with E-state index >= 15 is 0 Å². The lowest BCUT2D eigenvalue weighted by Gasteiger charge is -2.05. The van der Waals surface area contributed by atoms with Crippen LogP contribution in [0.4, 0.5) is 4.79 Å². The van der Waals surface area contributed by atoms with Gasteiger partial charge in [0, 0.05) is 11.6 Å². The van der Waals surface area contributed by atoms with Gasteiger partial charge in [-0.3, -0.25) is 4.68 Å². The van der Waals surface area contributed by atoms with Crippen molar-refractivity contribution in [3.63, 3.8) is 0 Å². The fraction of sp³-hybridized carbons (Fsp3) is 0.111. The Kier molecular flexibility index (Phi) is 5.13. The standard InChI is InChI=1S/C18H16ClN3O2/c19-16-8-6-14(7-9-16)10-20-18(23)24-17-11-21-22(13-17)12-15-4-2-1-3-5-15/h1-9,11,13H,10,12H2,(H,20,23). The third kappa shape index (κ3) is 4.60. The SMILES string of the molecule is O=C(NCc1ccc(Cl)cc1)Oc1cnn(Cc2ccccc2)c1. The molecule has 3 aromatic rings. The van der Waals surface area contributed by atoms with Gasteiger partial charge in [0.2, 0.25) is 0 Å². The molecular formula is C18H16ClN3O2. The first-order chi connectivity index (χ1) is 11.7. The quantitative estimate of drug-likeness (QED) is 0.766. The zero-order valence-corrected chi connectivity index (χ0v) is 13.6. The molecule has 1 aromatic heterocycles. The van der Waals surface area contributed by atoms with Crippen molar-refractivity contribution in [3.8, 4) is 5.75 Å². The van der Waals surface area contributed by atoms with E-state index in [4.69, 9.17) is 16.3 Å². The number of hydrogen-bond donors (Lipinski definition) is 1. The van der Waals surface area contributed by atoms with Crippen LogP contribution in [-0.4, -0.2) is 15.9 Å². The van der Waals surface area contributed by atoms with Gasteiger partial charge < -0.3 is 10.1 Å². The molecule has 0 saturated heterocycles. The van der Waals surface area contributed by atoms with Crippen molar-refractivity contribution in [1.82, 2.24) is 15.1 Å². The van der Waals surface area contributed by atoms with Crippen LogP contribution in [-0.2, 0) is 13.1 Å². The van der Waals surface area contributed by atoms with Crippen molar-refractivity contribution in [3.05, 3.63) is 83.1 Å². The minimum atomic E-state index is -0.524. The lowest BCUT2D eigenvalue weighted by atomic mass is 10.2. The van der Waals surface area contributed by atoms with Crippen molar-refractivity contribution in [1.29, 1.82) is 0 Å². The summed E-state index contributed by atoms with van der Waals surface area (Å²) < 4.78 is 6.94. The number of aromatic nitrogens is 2. The molecule has 1 amide bonds. The van der Waals surface area contributed by atoms with E-state index in [1.54, 1.807) is 23.0 Å². The summed E-state index contributed by atoms with van der Waals surface area (Å²) in [5.41, 5.74) is 2.07. The van der Waals surface area contributed by atoms with E-state index in [2.05, 4.69) is 10.4 Å². The summed E-state index contributed by atoms with van der Waals surface area (Å²) in [6, 6.07) is 17.2. The summed E-state index contributed by atoms with van der Waals surface area (Å²) in [6.07, 6.45) is 2.68. The Morgan fingerprint density at radius 3 is 2.58 bits per heavy atom. The molecule has 0 saturated carbocycles. The highest BCUT2D eigenvalue weighted by Crippen LogP contribution is 2.11. The second-order valence-electron chi connectivity index (χ2n) is 5.23. The molecule has 2 aromatic carbocycles. The molecule has 0 aliphatic heterocycles. The van der Waals surface area contributed by atoms with Crippen molar-refractivity contribution in [2.24, 2.45) is 0 Å². The Labute approximate surface area is 144 Å². The van der Waals surface area contributed by atoms with E-state index in [1.807, 2.05) is 42.5 Å². The van der Waals surface area contributed by atoms with Crippen LogP contribution in [0.2, 0.25) is 5.02 Å². The van der Waals surface area contributed by atoms with Crippen molar-refractivity contribution < 1.29 is 9.53 Å². The maximum Gasteiger partial charge on any atom is 0.412 e. The van der Waals surface area contributed by atoms with Gasteiger partial charge in [0.15, 0.2) is 5.75 Å². The molecule has 3 rings (SSSR count). The van der Waals surface area contributed by atoms with Crippen LogP contribution in [0.1, 0.15) is 11.1 Å². The lowest BCUT2D eigenvalue weighted by Crippen LogP contribution is -2.26. The molecule has 0 bridgehead atoms. The van der Waals surface area contributed by atoms with Crippen molar-refractivity contribution >= 4 is 17.7 Å². The van der Waals surface area contributed by atoms with E-state index in [9.17, 15) is 4.79 Å². The maximum absolute atomic E-state index is 11.8. The van der Waals surface area contributed by atoms with Gasteiger partial charge in [-0.05, 0) is 23.3 Å². The number of nitrogens with zero attached hydrogens (tertiary/aromatic N) is 2. The van der Waals surface area contributed by atoms with E-state index < -0.39 is 6.09 Å². The monoisotopic (exact) mass is 341 g/mol. The normalized spacial score (nSPS) is 10.4. The third-order valence-corrected chi connectivity index (χ3v) is 3.61. The minimum Gasteiger partial charge on any atom is -0.407 e. The number of carbonyl (C=O) groups excluding carboxylic acids is 1. The molecule has 122 valence electrons. The zero-order chi connectivity index (χ0) is 16.8. The Morgan fingerprint density at radius 2 is 1.83 bits per heavy atom. The number of hydrogen-bond acceptors (Lipinski definition) is 3. The number of carbonyl (C=O) groups is 1.